The molecule has 0 bridgehead atoms. The van der Waals surface area contributed by atoms with Gasteiger partial charge in [-0.1, -0.05) is 66.2 Å². The fourth-order valence-corrected chi connectivity index (χ4v) is 8.23. The topological polar surface area (TPSA) is 177 Å². The van der Waals surface area contributed by atoms with E-state index >= 15 is 0 Å². The lowest BCUT2D eigenvalue weighted by Gasteiger charge is -2.36. The number of carbonyl (C=O) groups excluding carboxylic acids is 3. The molecule has 382 valence electrons. The van der Waals surface area contributed by atoms with Gasteiger partial charge < -0.3 is 44.9 Å². The molecule has 2 heterocycles. The van der Waals surface area contributed by atoms with Crippen LogP contribution in [0.25, 0.3) is 0 Å². The molecule has 18 heteroatoms. The second kappa shape index (κ2) is 25.9. The first-order valence-corrected chi connectivity index (χ1v) is 24.1. The summed E-state index contributed by atoms with van der Waals surface area (Å²) in [7, 11) is 0. The van der Waals surface area contributed by atoms with Crippen LogP contribution >= 0.6 is 12.2 Å². The number of aliphatic hydroxyl groups is 1. The van der Waals surface area contributed by atoms with Gasteiger partial charge in [0.15, 0.2) is 5.11 Å². The van der Waals surface area contributed by atoms with Crippen LogP contribution in [0.3, 0.4) is 0 Å². The molecule has 0 aliphatic carbocycles. The van der Waals surface area contributed by atoms with Crippen LogP contribution in [0.5, 0.6) is 11.5 Å². The van der Waals surface area contributed by atoms with Crippen molar-refractivity contribution in [2.75, 3.05) is 49.4 Å². The second-order valence-corrected chi connectivity index (χ2v) is 19.3. The number of likely N-dealkylation sites (tertiary alicyclic amines) is 1. The Bertz CT molecular complexity index is 2280. The smallest absolute Gasteiger partial charge is 0.417 e. The number of nitrogens with one attached hydrogen (secondary N) is 2. The van der Waals surface area contributed by atoms with Crippen LogP contribution in [0.15, 0.2) is 79.0 Å². The number of ether oxygens (including phenoxy) is 3. The molecule has 2 fully saturated rings. The zero-order chi connectivity index (χ0) is 51.8. The van der Waals surface area contributed by atoms with Crippen LogP contribution in [-0.2, 0) is 36.6 Å². The van der Waals surface area contributed by atoms with Gasteiger partial charge in [0.05, 0.1) is 41.6 Å². The normalized spacial score (nSPS) is 17.1. The van der Waals surface area contributed by atoms with Crippen molar-refractivity contribution < 1.29 is 52.0 Å². The maximum atomic E-state index is 13.9. The summed E-state index contributed by atoms with van der Waals surface area (Å²) < 4.78 is 58.3. The standard InChI is InChI=1S/C48H59F3N6O8S.C4H10/c1-31(53-28-32-11-17-36(58)18-12-32)40-26-37(59)29-55(40)43(61)42(46(2,3)4)54-41(60)30-64-23-10-22-63-21-8-7-9-24-65-38-19-15-34(16-20-38)57-45(66)56(44(62)47(57,5)6)35-14-13-33(27-52)39(25-35)48(49,50)51;1-3-4-2/h11-20,25,37,40,42,53,58-59H,1,7-10,21-24,26,28-30H2,2-6H3,(H,54,60);3-4H2,1-2H3/t37-,40?,42?;/m1./s1. The van der Waals surface area contributed by atoms with Gasteiger partial charge in [-0.05, 0) is 117 Å². The van der Waals surface area contributed by atoms with Gasteiger partial charge in [-0.3, -0.25) is 19.3 Å². The van der Waals surface area contributed by atoms with E-state index in [-0.39, 0.29) is 42.2 Å². The Morgan fingerprint density at radius 1 is 0.929 bits per heavy atom. The Kier molecular flexibility index (Phi) is 21.1. The summed E-state index contributed by atoms with van der Waals surface area (Å²) >= 11 is 5.62. The van der Waals surface area contributed by atoms with Gasteiger partial charge >= 0.3 is 6.18 Å². The Hall–Kier alpha value is -5.74. The molecule has 2 saturated heterocycles. The number of alkyl halides is 3. The van der Waals surface area contributed by atoms with Gasteiger partial charge in [0.1, 0.15) is 29.7 Å². The predicted molar refractivity (Wildman–Crippen MR) is 267 cm³/mol. The number of thiocarbonyl (C=S) groups is 1. The summed E-state index contributed by atoms with van der Waals surface area (Å²) in [5, 5.41) is 35.4. The fraction of sp³-hybridized carbons (Fsp3) is 0.519. The quantitative estimate of drug-likeness (QED) is 0.0557. The van der Waals surface area contributed by atoms with Gasteiger partial charge in [-0.2, -0.15) is 18.4 Å². The second-order valence-electron chi connectivity index (χ2n) is 18.9. The Labute approximate surface area is 415 Å². The average Bonchev–Trinajstić information content (AvgIpc) is 3.79. The molecule has 14 nitrogen and oxygen atoms in total. The minimum atomic E-state index is -4.79. The van der Waals surface area contributed by atoms with Crippen molar-refractivity contribution in [3.05, 3.63) is 95.7 Å². The van der Waals surface area contributed by atoms with Crippen molar-refractivity contribution >= 4 is 46.4 Å². The highest BCUT2D eigenvalue weighted by molar-refractivity contribution is 7.81. The van der Waals surface area contributed by atoms with Crippen LogP contribution in [0.4, 0.5) is 24.5 Å². The number of hydrogen-bond donors (Lipinski definition) is 4. The molecule has 0 aromatic heterocycles. The molecular formula is C52H69F3N6O8S. The zero-order valence-corrected chi connectivity index (χ0v) is 42.2. The number of anilines is 2. The van der Waals surface area contributed by atoms with E-state index in [0.717, 1.165) is 41.9 Å². The number of carbonyl (C=O) groups is 3. The van der Waals surface area contributed by atoms with Gasteiger partial charge in [0, 0.05) is 50.7 Å². The summed E-state index contributed by atoms with van der Waals surface area (Å²) in [6.45, 7) is 19.4. The van der Waals surface area contributed by atoms with Crippen LogP contribution in [-0.4, -0.2) is 101 Å². The summed E-state index contributed by atoms with van der Waals surface area (Å²) in [6.07, 6.45) is 0.412. The molecule has 3 atom stereocenters. The molecule has 3 aromatic carbocycles. The minimum Gasteiger partial charge on any atom is -0.508 e. The van der Waals surface area contributed by atoms with Gasteiger partial charge in [-0.25, -0.2) is 0 Å². The number of β-amino-alcohol motifs (C(OH)–C–C–N with tert-alkyl or cyclic N) is 1. The lowest BCUT2D eigenvalue weighted by molar-refractivity contribution is -0.141. The Morgan fingerprint density at radius 2 is 1.54 bits per heavy atom. The highest BCUT2D eigenvalue weighted by Crippen LogP contribution is 2.40. The van der Waals surface area contributed by atoms with Gasteiger partial charge in [-0.15, -0.1) is 0 Å². The molecule has 5 rings (SSSR count). The summed E-state index contributed by atoms with van der Waals surface area (Å²) in [5.74, 6) is -0.509. The molecule has 2 unspecified atom stereocenters. The van der Waals surface area contributed by atoms with Crippen molar-refractivity contribution in [1.29, 1.82) is 5.26 Å². The third-order valence-electron chi connectivity index (χ3n) is 11.8. The third kappa shape index (κ3) is 15.6. The number of benzene rings is 3. The minimum absolute atomic E-state index is 0.00419. The van der Waals surface area contributed by atoms with E-state index in [1.807, 2.05) is 20.8 Å². The maximum absolute atomic E-state index is 13.9. The summed E-state index contributed by atoms with van der Waals surface area (Å²) in [6, 6.07) is 16.9. The van der Waals surface area contributed by atoms with Crippen molar-refractivity contribution in [1.82, 2.24) is 15.5 Å². The number of aliphatic hydroxyl groups excluding tert-OH is 1. The summed E-state index contributed by atoms with van der Waals surface area (Å²) in [4.78, 5) is 44.6. The molecule has 2 aliphatic heterocycles. The first-order valence-electron chi connectivity index (χ1n) is 23.7. The number of halogens is 3. The molecule has 3 amide bonds. The highest BCUT2D eigenvalue weighted by atomic mass is 32.1. The molecule has 4 N–H and O–H groups in total. The number of phenols is 1. The Balaban J connectivity index is 0.00000256. The molecular weight excluding hydrogens is 926 g/mol. The van der Waals surface area contributed by atoms with Crippen molar-refractivity contribution in [2.24, 2.45) is 5.41 Å². The number of rotatable bonds is 22. The number of nitriles is 1. The first-order chi connectivity index (χ1) is 33.0. The number of unbranched alkanes of at least 4 members (excludes halogenated alkanes) is 3. The lowest BCUT2D eigenvalue weighted by Crippen LogP contribution is -2.57. The van der Waals surface area contributed by atoms with Crippen LogP contribution < -0.4 is 25.2 Å². The van der Waals surface area contributed by atoms with Crippen molar-refractivity contribution in [3.63, 3.8) is 0 Å². The molecule has 0 spiro atoms. The fourth-order valence-electron chi connectivity index (χ4n) is 7.71. The monoisotopic (exact) mass is 994 g/mol. The largest absolute Gasteiger partial charge is 0.508 e. The van der Waals surface area contributed by atoms with E-state index in [2.05, 4.69) is 31.1 Å². The van der Waals surface area contributed by atoms with E-state index in [1.54, 1.807) is 78.2 Å². The predicted octanol–water partition coefficient (Wildman–Crippen LogP) is 8.77. The highest BCUT2D eigenvalue weighted by Gasteiger charge is 2.51. The first kappa shape index (κ1) is 56.8. The van der Waals surface area contributed by atoms with Gasteiger partial charge in [0.25, 0.3) is 5.91 Å². The van der Waals surface area contributed by atoms with E-state index in [0.29, 0.717) is 56.3 Å². The average molecular weight is 995 g/mol. The molecule has 3 aromatic rings. The molecule has 0 radical (unpaired) electrons. The van der Waals surface area contributed by atoms with E-state index in [9.17, 15) is 43.0 Å². The van der Waals surface area contributed by atoms with Crippen molar-refractivity contribution in [3.8, 4) is 17.6 Å². The number of nitrogens with zero attached hydrogens (tertiary/aromatic N) is 4. The molecule has 0 saturated carbocycles. The number of amides is 3. The third-order valence-corrected chi connectivity index (χ3v) is 12.2. The maximum Gasteiger partial charge on any atom is 0.417 e. The zero-order valence-electron chi connectivity index (χ0n) is 41.4. The number of aromatic hydroxyl groups is 1. The van der Waals surface area contributed by atoms with E-state index < -0.39 is 58.3 Å². The summed E-state index contributed by atoms with van der Waals surface area (Å²) in [5.41, 5.74) is -1.59. The van der Waals surface area contributed by atoms with E-state index in [4.69, 9.17) is 26.4 Å². The number of hydrogen-bond acceptors (Lipinski definition) is 11. The SMILES string of the molecule is C=C(NCc1ccc(O)cc1)C1C[C@@H](O)CN1C(=O)C(NC(=O)COCCCOCCCCCOc1ccc(N2C(=S)N(c3ccc(C#N)c(C(F)(F)F)c3)C(=O)C2(C)C)cc1)C(C)(C)C.CCCC. The molecule has 2 aliphatic rings. The van der Waals surface area contributed by atoms with Crippen LogP contribution in [0, 0.1) is 16.7 Å². The van der Waals surface area contributed by atoms with Gasteiger partial charge in [0.2, 0.25) is 11.8 Å². The lowest BCUT2D eigenvalue weighted by atomic mass is 9.85. The number of phenolic OH excluding ortho intramolecular Hbond substituents is 1. The van der Waals surface area contributed by atoms with Crippen LogP contribution in [0.2, 0.25) is 0 Å². The van der Waals surface area contributed by atoms with E-state index in [1.165, 1.54) is 18.9 Å². The molecule has 70 heavy (non-hydrogen) atoms. The Morgan fingerprint density at radius 3 is 2.16 bits per heavy atom. The van der Waals surface area contributed by atoms with Crippen LogP contribution in [0.1, 0.15) is 110 Å². The van der Waals surface area contributed by atoms with Crippen molar-refractivity contribution in [2.45, 2.75) is 130 Å².